The molecule has 0 unspecified atom stereocenters. The molecule has 0 radical (unpaired) electrons. The van der Waals surface area contributed by atoms with Crippen molar-refractivity contribution < 1.29 is 23.9 Å². The Balaban J connectivity index is 1.39. The third-order valence-electron chi connectivity index (χ3n) is 8.05. The number of hydrogen-bond donors (Lipinski definition) is 3. The fourth-order valence-corrected chi connectivity index (χ4v) is 5.99. The van der Waals surface area contributed by atoms with Gasteiger partial charge in [-0.05, 0) is 82.4 Å². The van der Waals surface area contributed by atoms with Crippen molar-refractivity contribution in [2.75, 3.05) is 6.61 Å². The largest absolute Gasteiger partial charge is 0.449 e. The van der Waals surface area contributed by atoms with E-state index in [1.807, 2.05) is 32.9 Å². The van der Waals surface area contributed by atoms with Gasteiger partial charge < -0.3 is 20.3 Å². The molecule has 2 heterocycles. The highest BCUT2D eigenvalue weighted by atomic mass is 16.5. The maximum atomic E-state index is 13.3. The van der Waals surface area contributed by atoms with E-state index in [0.717, 1.165) is 56.1 Å². The highest BCUT2D eigenvalue weighted by Gasteiger charge is 2.40. The van der Waals surface area contributed by atoms with Crippen LogP contribution in [0.1, 0.15) is 113 Å². The van der Waals surface area contributed by atoms with Crippen molar-refractivity contribution in [1.29, 1.82) is 0 Å². The molecule has 4 amide bonds. The molecule has 9 heteroatoms. The predicted octanol–water partition coefficient (Wildman–Crippen LogP) is 4.35. The molecule has 1 aromatic carbocycles. The van der Waals surface area contributed by atoms with Crippen molar-refractivity contribution in [2.24, 2.45) is 5.92 Å². The van der Waals surface area contributed by atoms with Gasteiger partial charge in [0.25, 0.3) is 5.91 Å². The molecule has 1 aromatic rings. The molecule has 3 aliphatic rings. The first kappa shape index (κ1) is 29.1. The monoisotopic (exact) mass is 540 g/mol. The van der Waals surface area contributed by atoms with Crippen molar-refractivity contribution in [2.45, 2.75) is 116 Å². The third kappa shape index (κ3) is 7.38. The molecule has 2 aliphatic heterocycles. The van der Waals surface area contributed by atoms with Gasteiger partial charge in [0.1, 0.15) is 6.04 Å². The number of imide groups is 1. The normalized spacial score (nSPS) is 24.3. The molecule has 3 N–H and O–H groups in total. The average Bonchev–Trinajstić information content (AvgIpc) is 3.21. The summed E-state index contributed by atoms with van der Waals surface area (Å²) < 4.78 is 5.48. The molecule has 1 aliphatic carbocycles. The Morgan fingerprint density at radius 1 is 1.13 bits per heavy atom. The van der Waals surface area contributed by atoms with Gasteiger partial charge in [0.15, 0.2) is 0 Å². The van der Waals surface area contributed by atoms with Crippen LogP contribution in [0.25, 0.3) is 0 Å². The summed E-state index contributed by atoms with van der Waals surface area (Å²) in [5.74, 6) is -0.430. The minimum Gasteiger partial charge on any atom is -0.449 e. The molecule has 0 aromatic heterocycles. The van der Waals surface area contributed by atoms with Gasteiger partial charge in [-0.25, -0.2) is 4.79 Å². The van der Waals surface area contributed by atoms with Crippen LogP contribution in [-0.4, -0.2) is 52.9 Å². The SMILES string of the molecule is CCCC[C@H](NC1CCC(COC(=O)NC(C)(C)C)CC1)c1cccc2c1CN([C@H]1CCC(=O)NC1=O)C2=O. The van der Waals surface area contributed by atoms with Gasteiger partial charge in [-0.15, -0.1) is 0 Å². The topological polar surface area (TPSA) is 117 Å². The van der Waals surface area contributed by atoms with Crippen LogP contribution < -0.4 is 16.0 Å². The van der Waals surface area contributed by atoms with Gasteiger partial charge in [0, 0.05) is 36.2 Å². The van der Waals surface area contributed by atoms with Crippen LogP contribution in [0.15, 0.2) is 18.2 Å². The van der Waals surface area contributed by atoms with Crippen molar-refractivity contribution in [1.82, 2.24) is 20.9 Å². The van der Waals surface area contributed by atoms with Gasteiger partial charge in [-0.2, -0.15) is 0 Å². The van der Waals surface area contributed by atoms with Gasteiger partial charge in [0.2, 0.25) is 11.8 Å². The highest BCUT2D eigenvalue weighted by molar-refractivity contribution is 6.05. The summed E-state index contributed by atoms with van der Waals surface area (Å²) in [4.78, 5) is 51.1. The van der Waals surface area contributed by atoms with Gasteiger partial charge in [-0.3, -0.25) is 19.7 Å². The minimum absolute atomic E-state index is 0.116. The van der Waals surface area contributed by atoms with Gasteiger partial charge >= 0.3 is 6.09 Å². The number of carbonyl (C=O) groups excluding carboxylic acids is 4. The number of nitrogens with zero attached hydrogens (tertiary/aromatic N) is 1. The molecule has 1 saturated heterocycles. The van der Waals surface area contributed by atoms with Gasteiger partial charge in [-0.1, -0.05) is 31.9 Å². The lowest BCUT2D eigenvalue weighted by Crippen LogP contribution is -2.52. The number of nitrogens with one attached hydrogen (secondary N) is 3. The van der Waals surface area contributed by atoms with E-state index in [4.69, 9.17) is 4.74 Å². The first-order chi connectivity index (χ1) is 18.6. The number of benzene rings is 1. The number of hydrogen-bond acceptors (Lipinski definition) is 6. The summed E-state index contributed by atoms with van der Waals surface area (Å²) in [6.07, 6.45) is 7.37. The zero-order chi connectivity index (χ0) is 28.2. The van der Waals surface area contributed by atoms with Crippen molar-refractivity contribution in [3.8, 4) is 0 Å². The number of unbranched alkanes of at least 4 members (excludes halogenated alkanes) is 1. The number of carbonyl (C=O) groups is 4. The van der Waals surface area contributed by atoms with E-state index in [-0.39, 0.29) is 41.8 Å². The fraction of sp³-hybridized carbons (Fsp3) is 0.667. The van der Waals surface area contributed by atoms with Crippen LogP contribution in [0.5, 0.6) is 0 Å². The quantitative estimate of drug-likeness (QED) is 0.401. The summed E-state index contributed by atoms with van der Waals surface area (Å²) in [5, 5.41) is 9.13. The average molecular weight is 541 g/mol. The van der Waals surface area contributed by atoms with Crippen molar-refractivity contribution in [3.05, 3.63) is 34.9 Å². The maximum absolute atomic E-state index is 13.3. The van der Waals surface area contributed by atoms with Crippen LogP contribution in [0, 0.1) is 5.92 Å². The van der Waals surface area contributed by atoms with E-state index >= 15 is 0 Å². The first-order valence-corrected chi connectivity index (χ1v) is 14.5. The number of fused-ring (bicyclic) bond motifs is 1. The Kier molecular flexibility index (Phi) is 9.31. The Morgan fingerprint density at radius 3 is 2.54 bits per heavy atom. The van der Waals surface area contributed by atoms with E-state index in [0.29, 0.717) is 37.1 Å². The van der Waals surface area contributed by atoms with Crippen LogP contribution >= 0.6 is 0 Å². The van der Waals surface area contributed by atoms with E-state index in [1.165, 1.54) is 0 Å². The molecule has 4 rings (SSSR count). The standard InChI is InChI=1S/C30H44N4O5/c1-5-6-10-24(31-20-13-11-19(12-14-20)18-39-29(38)33-30(2,3)4)21-8-7-9-22-23(21)17-34(28(22)37)25-15-16-26(35)32-27(25)36/h7-9,19-20,24-25,31H,5-6,10-18H2,1-4H3,(H,33,38)(H,32,35,36)/t19?,20?,24-,25-/m0/s1. The van der Waals surface area contributed by atoms with Crippen LogP contribution in [0.3, 0.4) is 0 Å². The van der Waals surface area contributed by atoms with E-state index < -0.39 is 6.04 Å². The number of alkyl carbamates (subject to hydrolysis) is 1. The summed E-state index contributed by atoms with van der Waals surface area (Å²) in [7, 11) is 0. The fourth-order valence-electron chi connectivity index (χ4n) is 5.99. The van der Waals surface area contributed by atoms with Crippen molar-refractivity contribution >= 4 is 23.8 Å². The summed E-state index contributed by atoms with van der Waals surface area (Å²) in [6.45, 7) is 8.82. The lowest BCUT2D eigenvalue weighted by Gasteiger charge is -2.33. The molecule has 214 valence electrons. The van der Waals surface area contributed by atoms with Crippen LogP contribution in [-0.2, 0) is 20.9 Å². The highest BCUT2D eigenvalue weighted by Crippen LogP contribution is 2.35. The maximum Gasteiger partial charge on any atom is 0.407 e. The molecule has 39 heavy (non-hydrogen) atoms. The molecular weight excluding hydrogens is 496 g/mol. The number of piperidine rings is 1. The summed E-state index contributed by atoms with van der Waals surface area (Å²) in [5.41, 5.74) is 2.48. The van der Waals surface area contributed by atoms with Crippen LogP contribution in [0.2, 0.25) is 0 Å². The van der Waals surface area contributed by atoms with Crippen molar-refractivity contribution in [3.63, 3.8) is 0 Å². The zero-order valence-corrected chi connectivity index (χ0v) is 23.8. The second-order valence-corrected chi connectivity index (χ2v) is 12.3. The second kappa shape index (κ2) is 12.5. The van der Waals surface area contributed by atoms with E-state index in [2.05, 4.69) is 28.9 Å². The number of ether oxygens (including phenoxy) is 1. The Labute approximate surface area is 231 Å². The first-order valence-electron chi connectivity index (χ1n) is 14.5. The second-order valence-electron chi connectivity index (χ2n) is 12.3. The van der Waals surface area contributed by atoms with E-state index in [9.17, 15) is 19.2 Å². The number of rotatable bonds is 9. The Bertz CT molecular complexity index is 1070. The Morgan fingerprint density at radius 2 is 1.87 bits per heavy atom. The predicted molar refractivity (Wildman–Crippen MR) is 148 cm³/mol. The lowest BCUT2D eigenvalue weighted by atomic mass is 9.85. The summed E-state index contributed by atoms with van der Waals surface area (Å²) >= 11 is 0. The third-order valence-corrected chi connectivity index (χ3v) is 8.05. The molecular formula is C30H44N4O5. The van der Waals surface area contributed by atoms with Gasteiger partial charge in [0.05, 0.1) is 6.61 Å². The number of amides is 4. The molecule has 1 saturated carbocycles. The minimum atomic E-state index is -0.611. The van der Waals surface area contributed by atoms with Crippen LogP contribution in [0.4, 0.5) is 4.79 Å². The smallest absolute Gasteiger partial charge is 0.407 e. The Hall–Kier alpha value is -2.94. The zero-order valence-electron chi connectivity index (χ0n) is 23.8. The summed E-state index contributed by atoms with van der Waals surface area (Å²) in [6, 6.07) is 5.76. The lowest BCUT2D eigenvalue weighted by molar-refractivity contribution is -0.136. The molecule has 0 spiro atoms. The molecule has 0 bridgehead atoms. The molecule has 9 nitrogen and oxygen atoms in total. The molecule has 2 fully saturated rings. The van der Waals surface area contributed by atoms with E-state index in [1.54, 1.807) is 4.90 Å². The molecule has 2 atom stereocenters.